The molecule has 2 aromatic carbocycles. The smallest absolute Gasteiger partial charge is 0.133 e. The summed E-state index contributed by atoms with van der Waals surface area (Å²) in [5.74, 6) is -0.714. The Balaban J connectivity index is 2.27. The molecule has 1 atom stereocenters. The monoisotopic (exact) mass is 261 g/mol. The van der Waals surface area contributed by atoms with Crippen LogP contribution in [0.4, 0.5) is 8.78 Å². The highest BCUT2D eigenvalue weighted by Gasteiger charge is 2.08. The molecule has 3 heteroatoms. The van der Waals surface area contributed by atoms with Crippen LogP contribution in [0.2, 0.25) is 0 Å². The van der Waals surface area contributed by atoms with Crippen LogP contribution in [-0.2, 0) is 0 Å². The van der Waals surface area contributed by atoms with Gasteiger partial charge in [-0.1, -0.05) is 31.2 Å². The highest BCUT2D eigenvalue weighted by Crippen LogP contribution is 2.26. The average molecular weight is 261 g/mol. The first kappa shape index (κ1) is 13.7. The standard InChI is InChI=1S/C16H17F2N/c1-11(8-9-19)12-2-4-13(5-3-12)15-7-6-14(17)10-16(15)18/h2-7,10-11H,8-9,19H2,1H3. The molecule has 0 aromatic heterocycles. The summed E-state index contributed by atoms with van der Waals surface area (Å²) in [6, 6.07) is 11.3. The van der Waals surface area contributed by atoms with Crippen LogP contribution in [0.15, 0.2) is 42.5 Å². The Morgan fingerprint density at radius 3 is 2.32 bits per heavy atom. The maximum atomic E-state index is 13.7. The van der Waals surface area contributed by atoms with E-state index in [-0.39, 0.29) is 0 Å². The molecular weight excluding hydrogens is 244 g/mol. The van der Waals surface area contributed by atoms with E-state index in [2.05, 4.69) is 6.92 Å². The first-order chi connectivity index (χ1) is 9.11. The van der Waals surface area contributed by atoms with Gasteiger partial charge in [-0.25, -0.2) is 8.78 Å². The molecule has 2 aromatic rings. The third-order valence-electron chi connectivity index (χ3n) is 3.32. The van der Waals surface area contributed by atoms with Crippen molar-refractivity contribution in [2.75, 3.05) is 6.54 Å². The average Bonchev–Trinajstić information content (AvgIpc) is 2.39. The fourth-order valence-corrected chi connectivity index (χ4v) is 2.13. The zero-order valence-corrected chi connectivity index (χ0v) is 10.9. The molecule has 19 heavy (non-hydrogen) atoms. The molecule has 0 radical (unpaired) electrons. The SMILES string of the molecule is CC(CCN)c1ccc(-c2ccc(F)cc2F)cc1. The summed E-state index contributed by atoms with van der Waals surface area (Å²) in [6.45, 7) is 2.76. The molecule has 0 fully saturated rings. The van der Waals surface area contributed by atoms with Gasteiger partial charge in [-0.05, 0) is 42.1 Å². The van der Waals surface area contributed by atoms with Crippen molar-refractivity contribution in [1.29, 1.82) is 0 Å². The summed E-state index contributed by atoms with van der Waals surface area (Å²) < 4.78 is 26.5. The molecule has 0 bridgehead atoms. The number of benzene rings is 2. The lowest BCUT2D eigenvalue weighted by atomic mass is 9.95. The molecule has 0 amide bonds. The molecule has 2 N–H and O–H groups in total. The van der Waals surface area contributed by atoms with Gasteiger partial charge in [0.1, 0.15) is 11.6 Å². The Morgan fingerprint density at radius 2 is 1.74 bits per heavy atom. The summed E-state index contributed by atoms with van der Waals surface area (Å²) in [5, 5.41) is 0. The van der Waals surface area contributed by atoms with E-state index in [1.165, 1.54) is 17.7 Å². The molecule has 0 saturated heterocycles. The first-order valence-electron chi connectivity index (χ1n) is 6.37. The second-order valence-electron chi connectivity index (χ2n) is 4.72. The van der Waals surface area contributed by atoms with E-state index in [0.29, 0.717) is 18.0 Å². The third kappa shape index (κ3) is 3.18. The van der Waals surface area contributed by atoms with Crippen molar-refractivity contribution in [3.63, 3.8) is 0 Å². The Morgan fingerprint density at radius 1 is 1.05 bits per heavy atom. The van der Waals surface area contributed by atoms with Crippen LogP contribution in [0.25, 0.3) is 11.1 Å². The van der Waals surface area contributed by atoms with E-state index in [4.69, 9.17) is 5.73 Å². The summed E-state index contributed by atoms with van der Waals surface area (Å²) in [7, 11) is 0. The van der Waals surface area contributed by atoms with Crippen molar-refractivity contribution >= 4 is 0 Å². The lowest BCUT2D eigenvalue weighted by molar-refractivity contribution is 0.585. The van der Waals surface area contributed by atoms with Crippen LogP contribution in [0, 0.1) is 11.6 Å². The maximum Gasteiger partial charge on any atom is 0.133 e. The predicted octanol–water partition coefficient (Wildman–Crippen LogP) is 4.08. The van der Waals surface area contributed by atoms with Gasteiger partial charge >= 0.3 is 0 Å². The van der Waals surface area contributed by atoms with Gasteiger partial charge in [-0.3, -0.25) is 0 Å². The normalized spacial score (nSPS) is 12.4. The van der Waals surface area contributed by atoms with Crippen LogP contribution < -0.4 is 5.73 Å². The van der Waals surface area contributed by atoms with Crippen molar-refractivity contribution < 1.29 is 8.78 Å². The van der Waals surface area contributed by atoms with E-state index in [9.17, 15) is 8.78 Å². The van der Waals surface area contributed by atoms with E-state index in [1.54, 1.807) is 0 Å². The highest BCUT2D eigenvalue weighted by molar-refractivity contribution is 5.64. The summed E-state index contributed by atoms with van der Waals surface area (Å²) in [5.41, 5.74) is 7.88. The molecule has 0 aliphatic heterocycles. The van der Waals surface area contributed by atoms with Crippen molar-refractivity contribution in [3.8, 4) is 11.1 Å². The molecule has 0 aliphatic rings. The van der Waals surface area contributed by atoms with Gasteiger partial charge in [0, 0.05) is 11.6 Å². The minimum Gasteiger partial charge on any atom is -0.330 e. The van der Waals surface area contributed by atoms with Gasteiger partial charge in [0.25, 0.3) is 0 Å². The Hall–Kier alpha value is -1.74. The van der Waals surface area contributed by atoms with Gasteiger partial charge in [-0.15, -0.1) is 0 Å². The fourth-order valence-electron chi connectivity index (χ4n) is 2.13. The fraction of sp³-hybridized carbons (Fsp3) is 0.250. The number of hydrogen-bond acceptors (Lipinski definition) is 1. The van der Waals surface area contributed by atoms with Crippen LogP contribution in [0.3, 0.4) is 0 Å². The number of hydrogen-bond donors (Lipinski definition) is 1. The number of nitrogens with two attached hydrogens (primary N) is 1. The Kier molecular flexibility index (Phi) is 4.27. The summed E-state index contributed by atoms with van der Waals surface area (Å²) in [6.07, 6.45) is 0.921. The zero-order chi connectivity index (χ0) is 13.8. The van der Waals surface area contributed by atoms with Crippen LogP contribution in [-0.4, -0.2) is 6.54 Å². The quantitative estimate of drug-likeness (QED) is 0.881. The first-order valence-corrected chi connectivity index (χ1v) is 6.37. The predicted molar refractivity (Wildman–Crippen MR) is 73.9 cm³/mol. The van der Waals surface area contributed by atoms with Gasteiger partial charge in [0.15, 0.2) is 0 Å². The molecule has 0 heterocycles. The molecule has 2 rings (SSSR count). The van der Waals surface area contributed by atoms with Crippen molar-refractivity contribution in [2.45, 2.75) is 19.3 Å². The van der Waals surface area contributed by atoms with E-state index < -0.39 is 11.6 Å². The number of halogens is 2. The molecule has 1 nitrogen and oxygen atoms in total. The summed E-state index contributed by atoms with van der Waals surface area (Å²) >= 11 is 0. The van der Waals surface area contributed by atoms with Gasteiger partial charge in [0.05, 0.1) is 0 Å². The minimum absolute atomic E-state index is 0.386. The lowest BCUT2D eigenvalue weighted by Gasteiger charge is -2.11. The van der Waals surface area contributed by atoms with E-state index in [1.807, 2.05) is 24.3 Å². The van der Waals surface area contributed by atoms with E-state index >= 15 is 0 Å². The second kappa shape index (κ2) is 5.93. The van der Waals surface area contributed by atoms with Crippen LogP contribution >= 0.6 is 0 Å². The molecular formula is C16H17F2N. The summed E-state index contributed by atoms with van der Waals surface area (Å²) in [4.78, 5) is 0. The third-order valence-corrected chi connectivity index (χ3v) is 3.32. The van der Waals surface area contributed by atoms with Gasteiger partial charge < -0.3 is 5.73 Å². The minimum atomic E-state index is -0.561. The molecule has 0 spiro atoms. The van der Waals surface area contributed by atoms with E-state index in [0.717, 1.165) is 18.1 Å². The van der Waals surface area contributed by atoms with Crippen molar-refractivity contribution in [1.82, 2.24) is 0 Å². The van der Waals surface area contributed by atoms with Crippen molar-refractivity contribution in [2.24, 2.45) is 5.73 Å². The largest absolute Gasteiger partial charge is 0.330 e. The second-order valence-corrected chi connectivity index (χ2v) is 4.72. The van der Waals surface area contributed by atoms with Gasteiger partial charge in [-0.2, -0.15) is 0 Å². The Labute approximate surface area is 112 Å². The molecule has 0 saturated carbocycles. The maximum absolute atomic E-state index is 13.7. The Bertz CT molecular complexity index is 549. The topological polar surface area (TPSA) is 26.0 Å². The van der Waals surface area contributed by atoms with Crippen molar-refractivity contribution in [3.05, 3.63) is 59.7 Å². The lowest BCUT2D eigenvalue weighted by Crippen LogP contribution is -2.04. The highest BCUT2D eigenvalue weighted by atomic mass is 19.1. The number of rotatable bonds is 4. The zero-order valence-electron chi connectivity index (χ0n) is 10.9. The van der Waals surface area contributed by atoms with Crippen LogP contribution in [0.1, 0.15) is 24.8 Å². The van der Waals surface area contributed by atoms with Gasteiger partial charge in [0.2, 0.25) is 0 Å². The van der Waals surface area contributed by atoms with Crippen LogP contribution in [0.5, 0.6) is 0 Å². The molecule has 1 unspecified atom stereocenters. The molecule has 0 aliphatic carbocycles. The molecule has 100 valence electrons.